The number of nitrogens with one attached hydrogen (secondary N) is 1. The highest BCUT2D eigenvalue weighted by Crippen LogP contribution is 2.26. The fraction of sp³-hybridized carbons (Fsp3) is 0.176. The number of rotatable bonds is 6. The maximum absolute atomic E-state index is 12.2. The molecule has 0 spiro atoms. The molecule has 0 bridgehead atoms. The lowest BCUT2D eigenvalue weighted by Crippen LogP contribution is -2.22. The minimum Gasteiger partial charge on any atom is -0.497 e. The van der Waals surface area contributed by atoms with Crippen molar-refractivity contribution in [3.8, 4) is 5.75 Å². The Hall–Kier alpha value is -2.47. The zero-order chi connectivity index (χ0) is 16.8. The van der Waals surface area contributed by atoms with Crippen LogP contribution in [-0.2, 0) is 4.79 Å². The minimum absolute atomic E-state index is 0.113. The molecule has 1 atom stereocenters. The molecule has 5 nitrogen and oxygen atoms in total. The lowest BCUT2D eigenvalue weighted by molar-refractivity contribution is -0.115. The van der Waals surface area contributed by atoms with E-state index in [-0.39, 0.29) is 11.2 Å². The molecule has 0 fully saturated rings. The quantitative estimate of drug-likeness (QED) is 0.798. The largest absolute Gasteiger partial charge is 0.497 e. The van der Waals surface area contributed by atoms with Gasteiger partial charge in [0.05, 0.1) is 12.4 Å². The van der Waals surface area contributed by atoms with Crippen molar-refractivity contribution in [2.75, 3.05) is 12.4 Å². The highest BCUT2D eigenvalue weighted by Gasteiger charge is 2.14. The molecular weight excluding hydrogens is 312 g/mol. The first-order valence-corrected chi connectivity index (χ1v) is 7.89. The van der Waals surface area contributed by atoms with Gasteiger partial charge >= 0.3 is 0 Å². The third kappa shape index (κ3) is 4.75. The molecule has 0 aliphatic carbocycles. The molecule has 3 N–H and O–H groups in total. The van der Waals surface area contributed by atoms with E-state index < -0.39 is 5.91 Å². The monoisotopic (exact) mass is 330 g/mol. The number of ether oxygens (including phenoxy) is 1. The van der Waals surface area contributed by atoms with Crippen molar-refractivity contribution in [1.82, 2.24) is 0 Å². The van der Waals surface area contributed by atoms with Crippen molar-refractivity contribution in [3.05, 3.63) is 54.1 Å². The molecule has 2 aromatic rings. The lowest BCUT2D eigenvalue weighted by atomic mass is 10.2. The first-order valence-electron chi connectivity index (χ1n) is 7.01. The van der Waals surface area contributed by atoms with Gasteiger partial charge in [-0.25, -0.2) is 0 Å². The van der Waals surface area contributed by atoms with E-state index in [0.717, 1.165) is 10.6 Å². The molecule has 0 unspecified atom stereocenters. The smallest absolute Gasteiger partial charge is 0.248 e. The van der Waals surface area contributed by atoms with Crippen LogP contribution in [0.25, 0.3) is 0 Å². The molecule has 0 aliphatic heterocycles. The van der Waals surface area contributed by atoms with Crippen molar-refractivity contribution in [2.45, 2.75) is 17.1 Å². The van der Waals surface area contributed by atoms with Crippen LogP contribution in [0, 0.1) is 0 Å². The maximum atomic E-state index is 12.2. The number of anilines is 1. The van der Waals surface area contributed by atoms with Crippen molar-refractivity contribution in [2.24, 2.45) is 5.73 Å². The first kappa shape index (κ1) is 16.9. The molecule has 2 aromatic carbocycles. The van der Waals surface area contributed by atoms with E-state index in [1.165, 1.54) is 11.8 Å². The van der Waals surface area contributed by atoms with Crippen LogP contribution in [0.1, 0.15) is 17.3 Å². The Balaban J connectivity index is 1.94. The summed E-state index contributed by atoms with van der Waals surface area (Å²) in [7, 11) is 1.61. The van der Waals surface area contributed by atoms with Gasteiger partial charge in [0.15, 0.2) is 0 Å². The number of thioether (sulfide) groups is 1. The molecule has 120 valence electrons. The van der Waals surface area contributed by atoms with Crippen LogP contribution in [0.2, 0.25) is 0 Å². The minimum atomic E-state index is -0.494. The summed E-state index contributed by atoms with van der Waals surface area (Å²) < 4.78 is 5.11. The molecular formula is C17H18N2O3S. The normalized spacial score (nSPS) is 11.6. The van der Waals surface area contributed by atoms with Gasteiger partial charge < -0.3 is 15.8 Å². The summed E-state index contributed by atoms with van der Waals surface area (Å²) in [5.41, 5.74) is 6.21. The molecule has 6 heteroatoms. The Morgan fingerprint density at radius 2 is 1.70 bits per heavy atom. The fourth-order valence-corrected chi connectivity index (χ4v) is 2.74. The van der Waals surface area contributed by atoms with Gasteiger partial charge in [0.2, 0.25) is 11.8 Å². The number of hydrogen-bond acceptors (Lipinski definition) is 4. The number of carbonyl (C=O) groups excluding carboxylic acids is 2. The van der Waals surface area contributed by atoms with E-state index in [0.29, 0.717) is 11.3 Å². The van der Waals surface area contributed by atoms with E-state index in [1.54, 1.807) is 31.4 Å². The van der Waals surface area contributed by atoms with Crippen LogP contribution in [0.4, 0.5) is 5.69 Å². The van der Waals surface area contributed by atoms with Gasteiger partial charge in [0, 0.05) is 16.1 Å². The summed E-state index contributed by atoms with van der Waals surface area (Å²) >= 11 is 1.46. The van der Waals surface area contributed by atoms with E-state index in [1.807, 2.05) is 31.2 Å². The third-order valence-electron chi connectivity index (χ3n) is 3.18. The summed E-state index contributed by atoms with van der Waals surface area (Å²) in [5, 5.41) is 2.55. The Morgan fingerprint density at radius 3 is 2.22 bits per heavy atom. The molecule has 23 heavy (non-hydrogen) atoms. The van der Waals surface area contributed by atoms with Crippen LogP contribution in [0.3, 0.4) is 0 Å². The second kappa shape index (κ2) is 7.69. The number of carbonyl (C=O) groups is 2. The Bertz CT molecular complexity index is 684. The average molecular weight is 330 g/mol. The van der Waals surface area contributed by atoms with Crippen molar-refractivity contribution in [1.29, 1.82) is 0 Å². The molecule has 0 aliphatic rings. The molecule has 2 amide bonds. The van der Waals surface area contributed by atoms with Gasteiger partial charge in [-0.05, 0) is 55.5 Å². The lowest BCUT2D eigenvalue weighted by Gasteiger charge is -2.12. The predicted octanol–water partition coefficient (Wildman–Crippen LogP) is 2.91. The van der Waals surface area contributed by atoms with Crippen LogP contribution in [0.5, 0.6) is 5.75 Å². The predicted molar refractivity (Wildman–Crippen MR) is 91.9 cm³/mol. The van der Waals surface area contributed by atoms with Gasteiger partial charge in [-0.2, -0.15) is 0 Å². The first-order chi connectivity index (χ1) is 11.0. The summed E-state index contributed by atoms with van der Waals surface area (Å²) in [6, 6.07) is 14.0. The van der Waals surface area contributed by atoms with E-state index in [9.17, 15) is 9.59 Å². The second-order valence-electron chi connectivity index (χ2n) is 4.87. The third-order valence-corrected chi connectivity index (χ3v) is 4.29. The molecule has 0 saturated heterocycles. The summed E-state index contributed by atoms with van der Waals surface area (Å²) in [6.45, 7) is 1.84. The molecule has 0 aromatic heterocycles. The topological polar surface area (TPSA) is 81.4 Å². The van der Waals surface area contributed by atoms with Crippen LogP contribution in [-0.4, -0.2) is 24.2 Å². The van der Waals surface area contributed by atoms with Crippen molar-refractivity contribution >= 4 is 29.3 Å². The molecule has 0 saturated carbocycles. The number of hydrogen-bond donors (Lipinski definition) is 2. The van der Waals surface area contributed by atoms with Crippen molar-refractivity contribution in [3.63, 3.8) is 0 Å². The SMILES string of the molecule is COc1ccc(S[C@H](C)C(=O)Nc2ccc(C(N)=O)cc2)cc1. The zero-order valence-corrected chi connectivity index (χ0v) is 13.7. The highest BCUT2D eigenvalue weighted by atomic mass is 32.2. The van der Waals surface area contributed by atoms with Crippen LogP contribution >= 0.6 is 11.8 Å². The average Bonchev–Trinajstić information content (AvgIpc) is 2.56. The Morgan fingerprint density at radius 1 is 1.09 bits per heavy atom. The summed E-state index contributed by atoms with van der Waals surface area (Å²) in [4.78, 5) is 24.2. The fourth-order valence-electron chi connectivity index (χ4n) is 1.87. The van der Waals surface area contributed by atoms with Crippen molar-refractivity contribution < 1.29 is 14.3 Å². The Kier molecular flexibility index (Phi) is 5.65. The summed E-state index contributed by atoms with van der Waals surface area (Å²) in [5.74, 6) is 0.171. The van der Waals surface area contributed by atoms with Gasteiger partial charge in [0.25, 0.3) is 0 Å². The highest BCUT2D eigenvalue weighted by molar-refractivity contribution is 8.00. The van der Waals surface area contributed by atoms with Gasteiger partial charge in [-0.15, -0.1) is 11.8 Å². The van der Waals surface area contributed by atoms with Crippen LogP contribution in [0.15, 0.2) is 53.4 Å². The number of amides is 2. The van der Waals surface area contributed by atoms with Gasteiger partial charge in [-0.1, -0.05) is 0 Å². The molecule has 0 heterocycles. The van der Waals surface area contributed by atoms with Gasteiger partial charge in [0.1, 0.15) is 5.75 Å². The zero-order valence-electron chi connectivity index (χ0n) is 12.9. The van der Waals surface area contributed by atoms with E-state index in [2.05, 4.69) is 5.32 Å². The van der Waals surface area contributed by atoms with E-state index >= 15 is 0 Å². The number of benzene rings is 2. The van der Waals surface area contributed by atoms with Gasteiger partial charge in [-0.3, -0.25) is 9.59 Å². The molecule has 2 rings (SSSR count). The van der Waals surface area contributed by atoms with E-state index in [4.69, 9.17) is 10.5 Å². The summed E-state index contributed by atoms with van der Waals surface area (Å²) in [6.07, 6.45) is 0. The Labute approximate surface area is 139 Å². The standard InChI is InChI=1S/C17H18N2O3S/c1-11(23-15-9-7-14(22-2)8-10-15)17(21)19-13-5-3-12(4-6-13)16(18)20/h3-11H,1-2H3,(H2,18,20)(H,19,21)/t11-/m1/s1. The number of methoxy groups -OCH3 is 1. The number of primary amides is 1. The number of nitrogens with two attached hydrogens (primary N) is 1. The maximum Gasteiger partial charge on any atom is 0.248 e. The van der Waals surface area contributed by atoms with Crippen LogP contribution < -0.4 is 15.8 Å². The molecule has 0 radical (unpaired) electrons. The second-order valence-corrected chi connectivity index (χ2v) is 6.28.